The number of rotatable bonds is 3. The average Bonchev–Trinajstić information content (AvgIpc) is 2.37. The lowest BCUT2D eigenvalue weighted by atomic mass is 10.2. The third kappa shape index (κ3) is 3.17. The lowest BCUT2D eigenvalue weighted by molar-refractivity contribution is 0.0950. The highest BCUT2D eigenvalue weighted by atomic mass is 79.9. The number of aryl methyl sites for hydroxylation is 1. The Labute approximate surface area is 114 Å². The molecule has 0 bridgehead atoms. The number of pyridine rings is 1. The quantitative estimate of drug-likeness (QED) is 0.947. The number of halogens is 1. The number of aromatic nitrogens is 1. The van der Waals surface area contributed by atoms with E-state index in [1.807, 2.05) is 31.2 Å². The molecule has 1 heterocycles. The van der Waals surface area contributed by atoms with E-state index in [0.717, 1.165) is 15.7 Å². The molecule has 18 heavy (non-hydrogen) atoms. The summed E-state index contributed by atoms with van der Waals surface area (Å²) in [7, 11) is 0. The van der Waals surface area contributed by atoms with Crippen molar-refractivity contribution < 1.29 is 4.79 Å². The topological polar surface area (TPSA) is 42.0 Å². The van der Waals surface area contributed by atoms with Crippen molar-refractivity contribution in [2.75, 3.05) is 0 Å². The highest BCUT2D eigenvalue weighted by Gasteiger charge is 2.06. The van der Waals surface area contributed by atoms with Gasteiger partial charge in [0.15, 0.2) is 0 Å². The van der Waals surface area contributed by atoms with Crippen LogP contribution in [-0.2, 0) is 6.54 Å². The Hall–Kier alpha value is -1.68. The fourth-order valence-corrected chi connectivity index (χ4v) is 2.03. The molecule has 1 aromatic carbocycles. The van der Waals surface area contributed by atoms with Crippen LogP contribution in [0.1, 0.15) is 21.6 Å². The summed E-state index contributed by atoms with van der Waals surface area (Å²) in [6.07, 6.45) is 1.64. The standard InChI is InChI=1S/C14H13BrN2O/c1-10-8-11(6-7-16-10)14(18)17-9-12-4-2-3-5-13(12)15/h2-8H,9H2,1H3,(H,17,18). The first kappa shape index (κ1) is 12.8. The summed E-state index contributed by atoms with van der Waals surface area (Å²) >= 11 is 3.45. The zero-order chi connectivity index (χ0) is 13.0. The molecule has 0 radical (unpaired) electrons. The number of amides is 1. The minimum Gasteiger partial charge on any atom is -0.348 e. The second kappa shape index (κ2) is 5.78. The van der Waals surface area contributed by atoms with Crippen LogP contribution in [0.4, 0.5) is 0 Å². The Balaban J connectivity index is 2.03. The Morgan fingerprint density at radius 1 is 1.33 bits per heavy atom. The zero-order valence-corrected chi connectivity index (χ0v) is 11.6. The largest absolute Gasteiger partial charge is 0.348 e. The second-order valence-electron chi connectivity index (χ2n) is 3.96. The minimum atomic E-state index is -0.0868. The van der Waals surface area contributed by atoms with Crippen molar-refractivity contribution in [3.05, 3.63) is 63.9 Å². The molecule has 2 rings (SSSR count). The molecule has 0 unspecified atom stereocenters. The van der Waals surface area contributed by atoms with E-state index < -0.39 is 0 Å². The molecule has 3 nitrogen and oxygen atoms in total. The van der Waals surface area contributed by atoms with Crippen LogP contribution in [0.25, 0.3) is 0 Å². The number of nitrogens with zero attached hydrogens (tertiary/aromatic N) is 1. The molecule has 0 spiro atoms. The number of hydrogen-bond donors (Lipinski definition) is 1. The molecular weight excluding hydrogens is 292 g/mol. The first-order valence-electron chi connectivity index (χ1n) is 5.61. The van der Waals surface area contributed by atoms with Crippen molar-refractivity contribution in [3.63, 3.8) is 0 Å². The maximum Gasteiger partial charge on any atom is 0.251 e. The van der Waals surface area contributed by atoms with E-state index >= 15 is 0 Å². The van der Waals surface area contributed by atoms with E-state index in [4.69, 9.17) is 0 Å². The molecule has 0 aliphatic carbocycles. The SMILES string of the molecule is Cc1cc(C(=O)NCc2ccccc2Br)ccn1. The summed E-state index contributed by atoms with van der Waals surface area (Å²) in [5.41, 5.74) is 2.52. The summed E-state index contributed by atoms with van der Waals surface area (Å²) in [6.45, 7) is 2.37. The van der Waals surface area contributed by atoms with Gasteiger partial charge in [0, 0.05) is 28.5 Å². The van der Waals surface area contributed by atoms with Crippen molar-refractivity contribution in [1.82, 2.24) is 10.3 Å². The van der Waals surface area contributed by atoms with Crippen LogP contribution in [0.2, 0.25) is 0 Å². The highest BCUT2D eigenvalue weighted by Crippen LogP contribution is 2.15. The average molecular weight is 305 g/mol. The zero-order valence-electron chi connectivity index (χ0n) is 9.98. The maximum atomic E-state index is 11.9. The summed E-state index contributed by atoms with van der Waals surface area (Å²) in [6, 6.07) is 11.3. The molecule has 0 atom stereocenters. The van der Waals surface area contributed by atoms with Crippen LogP contribution in [0.5, 0.6) is 0 Å². The van der Waals surface area contributed by atoms with Gasteiger partial charge in [0.1, 0.15) is 0 Å². The smallest absolute Gasteiger partial charge is 0.251 e. The van der Waals surface area contributed by atoms with E-state index in [1.54, 1.807) is 18.3 Å². The Kier molecular flexibility index (Phi) is 4.10. The fourth-order valence-electron chi connectivity index (χ4n) is 1.61. The first-order valence-corrected chi connectivity index (χ1v) is 6.40. The van der Waals surface area contributed by atoms with Gasteiger partial charge in [-0.1, -0.05) is 34.1 Å². The predicted octanol–water partition coefficient (Wildman–Crippen LogP) is 3.08. The van der Waals surface area contributed by atoms with E-state index in [2.05, 4.69) is 26.2 Å². The van der Waals surface area contributed by atoms with Crippen LogP contribution in [0.15, 0.2) is 47.1 Å². The Bertz CT molecular complexity index is 569. The predicted molar refractivity (Wildman–Crippen MR) is 74.3 cm³/mol. The van der Waals surface area contributed by atoms with Gasteiger partial charge in [-0.15, -0.1) is 0 Å². The van der Waals surface area contributed by atoms with E-state index in [-0.39, 0.29) is 5.91 Å². The lowest BCUT2D eigenvalue weighted by Crippen LogP contribution is -2.23. The highest BCUT2D eigenvalue weighted by molar-refractivity contribution is 9.10. The van der Waals surface area contributed by atoms with E-state index in [1.165, 1.54) is 0 Å². The third-order valence-electron chi connectivity index (χ3n) is 2.56. The van der Waals surface area contributed by atoms with Gasteiger partial charge in [0.25, 0.3) is 5.91 Å². The van der Waals surface area contributed by atoms with Crippen molar-refractivity contribution in [1.29, 1.82) is 0 Å². The molecule has 0 aliphatic rings. The monoisotopic (exact) mass is 304 g/mol. The molecule has 0 saturated carbocycles. The van der Waals surface area contributed by atoms with E-state index in [9.17, 15) is 4.79 Å². The van der Waals surface area contributed by atoms with Crippen LogP contribution in [-0.4, -0.2) is 10.9 Å². The lowest BCUT2D eigenvalue weighted by Gasteiger charge is -2.07. The molecule has 1 N–H and O–H groups in total. The van der Waals surface area contributed by atoms with Crippen LogP contribution < -0.4 is 5.32 Å². The Morgan fingerprint density at radius 2 is 2.11 bits per heavy atom. The second-order valence-corrected chi connectivity index (χ2v) is 4.81. The number of carbonyl (C=O) groups is 1. The summed E-state index contributed by atoms with van der Waals surface area (Å²) in [4.78, 5) is 16.0. The molecule has 0 fully saturated rings. The normalized spacial score (nSPS) is 10.1. The van der Waals surface area contributed by atoms with Gasteiger partial charge < -0.3 is 5.32 Å². The van der Waals surface area contributed by atoms with E-state index in [0.29, 0.717) is 12.1 Å². The van der Waals surface area contributed by atoms with Gasteiger partial charge >= 0.3 is 0 Å². The van der Waals surface area contributed by atoms with Gasteiger partial charge in [0.2, 0.25) is 0 Å². The van der Waals surface area contributed by atoms with Gasteiger partial charge in [0.05, 0.1) is 0 Å². The number of benzene rings is 1. The van der Waals surface area contributed by atoms with Crippen molar-refractivity contribution >= 4 is 21.8 Å². The van der Waals surface area contributed by atoms with Crippen molar-refractivity contribution in [2.45, 2.75) is 13.5 Å². The minimum absolute atomic E-state index is 0.0868. The fraction of sp³-hybridized carbons (Fsp3) is 0.143. The number of nitrogens with one attached hydrogen (secondary N) is 1. The number of hydrogen-bond acceptors (Lipinski definition) is 2. The van der Waals surface area contributed by atoms with Crippen molar-refractivity contribution in [3.8, 4) is 0 Å². The molecule has 2 aromatic rings. The third-order valence-corrected chi connectivity index (χ3v) is 3.33. The molecule has 1 amide bonds. The summed E-state index contributed by atoms with van der Waals surface area (Å²) in [5, 5.41) is 2.89. The molecule has 0 saturated heterocycles. The van der Waals surface area contributed by atoms with Crippen LogP contribution in [0.3, 0.4) is 0 Å². The van der Waals surface area contributed by atoms with Gasteiger partial charge in [-0.25, -0.2) is 0 Å². The van der Waals surface area contributed by atoms with Gasteiger partial charge in [-0.3, -0.25) is 9.78 Å². The molecule has 92 valence electrons. The summed E-state index contributed by atoms with van der Waals surface area (Å²) < 4.78 is 0.996. The maximum absolute atomic E-state index is 11.9. The Morgan fingerprint density at radius 3 is 2.83 bits per heavy atom. The number of carbonyl (C=O) groups excluding carboxylic acids is 1. The molecule has 0 aliphatic heterocycles. The van der Waals surface area contributed by atoms with Crippen LogP contribution in [0, 0.1) is 6.92 Å². The first-order chi connectivity index (χ1) is 8.66. The van der Waals surface area contributed by atoms with Gasteiger partial charge in [-0.05, 0) is 30.7 Å². The molecule has 1 aromatic heterocycles. The summed E-state index contributed by atoms with van der Waals surface area (Å²) in [5.74, 6) is -0.0868. The van der Waals surface area contributed by atoms with Crippen molar-refractivity contribution in [2.24, 2.45) is 0 Å². The molecular formula is C14H13BrN2O. The van der Waals surface area contributed by atoms with Crippen LogP contribution >= 0.6 is 15.9 Å². The molecule has 4 heteroatoms. The van der Waals surface area contributed by atoms with Gasteiger partial charge in [-0.2, -0.15) is 0 Å².